The van der Waals surface area contributed by atoms with Crippen LogP contribution in [0.1, 0.15) is 21.7 Å². The van der Waals surface area contributed by atoms with Crippen LogP contribution >= 0.6 is 0 Å². The molecule has 6 nitrogen and oxygen atoms in total. The zero-order chi connectivity index (χ0) is 19.1. The average Bonchev–Trinajstić information content (AvgIpc) is 2.66. The molecule has 4 aromatic rings. The highest BCUT2D eigenvalue weighted by Crippen LogP contribution is 2.21. The number of fused-ring (bicyclic) bond motifs is 2. The highest BCUT2D eigenvalue weighted by Gasteiger charge is 2.13. The lowest BCUT2D eigenvalue weighted by Gasteiger charge is -2.09. The lowest BCUT2D eigenvalue weighted by Crippen LogP contribution is -2.15. The summed E-state index contributed by atoms with van der Waals surface area (Å²) in [5.41, 5.74) is 2.58. The fraction of sp³-hybridized carbons (Fsp3) is 0.0952. The van der Waals surface area contributed by atoms with E-state index in [9.17, 15) is 14.4 Å². The number of amides is 1. The number of benzene rings is 2. The number of aromatic nitrogens is 1. The second kappa shape index (κ2) is 6.25. The molecule has 27 heavy (non-hydrogen) atoms. The number of hydrogen-bond donors (Lipinski definition) is 2. The Hall–Kier alpha value is -3.67. The number of rotatable bonds is 2. The molecule has 0 unspecified atom stereocenters. The average molecular weight is 360 g/mol. The van der Waals surface area contributed by atoms with Crippen molar-refractivity contribution < 1.29 is 9.21 Å². The molecule has 0 aliphatic rings. The van der Waals surface area contributed by atoms with Crippen LogP contribution in [0, 0.1) is 13.8 Å². The van der Waals surface area contributed by atoms with Crippen LogP contribution in [0.3, 0.4) is 0 Å². The molecule has 2 aromatic heterocycles. The first-order valence-corrected chi connectivity index (χ1v) is 8.41. The standard InChI is InChI=1S/C21H16N2O4/c1-11-12(2)20(25)23-16-9-13(7-8-14(11)16)22-21(26)19-10-17(24)15-5-3-4-6-18(15)27-19/h3-10H,1-2H3,(H,22,26)(H,23,25). The molecule has 0 aliphatic heterocycles. The lowest BCUT2D eigenvalue weighted by atomic mass is 10.1. The summed E-state index contributed by atoms with van der Waals surface area (Å²) in [6.45, 7) is 3.65. The van der Waals surface area contributed by atoms with Crippen LogP contribution < -0.4 is 16.3 Å². The lowest BCUT2D eigenvalue weighted by molar-refractivity contribution is 0.0997. The first-order valence-electron chi connectivity index (χ1n) is 8.41. The summed E-state index contributed by atoms with van der Waals surface area (Å²) in [6.07, 6.45) is 0. The minimum absolute atomic E-state index is 0.0765. The minimum atomic E-state index is -0.539. The maximum atomic E-state index is 12.5. The predicted molar refractivity (Wildman–Crippen MR) is 104 cm³/mol. The normalized spacial score (nSPS) is 11.0. The summed E-state index contributed by atoms with van der Waals surface area (Å²) in [5.74, 6) is -0.615. The third-order valence-corrected chi connectivity index (χ3v) is 4.69. The van der Waals surface area contributed by atoms with Crippen molar-refractivity contribution in [1.29, 1.82) is 0 Å². The Morgan fingerprint density at radius 2 is 1.74 bits per heavy atom. The van der Waals surface area contributed by atoms with Gasteiger partial charge in [0.25, 0.3) is 11.5 Å². The smallest absolute Gasteiger partial charge is 0.291 e. The molecule has 0 atom stereocenters. The van der Waals surface area contributed by atoms with Crippen molar-refractivity contribution in [1.82, 2.24) is 4.98 Å². The van der Waals surface area contributed by atoms with Gasteiger partial charge in [0.15, 0.2) is 11.2 Å². The van der Waals surface area contributed by atoms with Crippen molar-refractivity contribution in [2.45, 2.75) is 13.8 Å². The summed E-state index contributed by atoms with van der Waals surface area (Å²) in [6, 6.07) is 13.2. The third-order valence-electron chi connectivity index (χ3n) is 4.69. The first kappa shape index (κ1) is 16.8. The Kier molecular flexibility index (Phi) is 3.88. The summed E-state index contributed by atoms with van der Waals surface area (Å²) in [5, 5.41) is 4.03. The van der Waals surface area contributed by atoms with E-state index in [-0.39, 0.29) is 16.7 Å². The third kappa shape index (κ3) is 2.91. The van der Waals surface area contributed by atoms with Gasteiger partial charge in [-0.25, -0.2) is 0 Å². The van der Waals surface area contributed by atoms with E-state index >= 15 is 0 Å². The van der Waals surface area contributed by atoms with Crippen molar-refractivity contribution in [3.8, 4) is 0 Å². The topological polar surface area (TPSA) is 92.2 Å². The maximum Gasteiger partial charge on any atom is 0.291 e. The molecule has 0 fully saturated rings. The van der Waals surface area contributed by atoms with Gasteiger partial charge in [0.05, 0.1) is 10.9 Å². The fourth-order valence-corrected chi connectivity index (χ4v) is 3.05. The van der Waals surface area contributed by atoms with Gasteiger partial charge in [-0.05, 0) is 43.7 Å². The number of para-hydroxylation sites is 1. The highest BCUT2D eigenvalue weighted by atomic mass is 16.3. The molecule has 0 radical (unpaired) electrons. The Labute approximate surface area is 153 Å². The predicted octanol–water partition coefficient (Wildman–Crippen LogP) is 3.50. The van der Waals surface area contributed by atoms with E-state index in [4.69, 9.17) is 4.42 Å². The van der Waals surface area contributed by atoms with Crippen LogP contribution in [0.5, 0.6) is 0 Å². The van der Waals surface area contributed by atoms with Crippen molar-refractivity contribution >= 4 is 33.5 Å². The fourth-order valence-electron chi connectivity index (χ4n) is 3.05. The van der Waals surface area contributed by atoms with Crippen LogP contribution in [0.15, 0.2) is 62.5 Å². The molecule has 4 rings (SSSR count). The van der Waals surface area contributed by atoms with E-state index in [2.05, 4.69) is 10.3 Å². The number of hydrogen-bond acceptors (Lipinski definition) is 4. The number of anilines is 1. The monoisotopic (exact) mass is 360 g/mol. The van der Waals surface area contributed by atoms with Gasteiger partial charge in [-0.15, -0.1) is 0 Å². The minimum Gasteiger partial charge on any atom is -0.451 e. The number of pyridine rings is 1. The van der Waals surface area contributed by atoms with E-state index < -0.39 is 5.91 Å². The van der Waals surface area contributed by atoms with Crippen molar-refractivity contribution in [2.24, 2.45) is 0 Å². The first-order chi connectivity index (χ1) is 12.9. The molecule has 0 aliphatic carbocycles. The SMILES string of the molecule is Cc1c(C)c2ccc(NC(=O)c3cc(=O)c4ccccc4o3)cc2[nH]c1=O. The summed E-state index contributed by atoms with van der Waals surface area (Å²) < 4.78 is 5.55. The molecule has 2 N–H and O–H groups in total. The van der Waals surface area contributed by atoms with E-state index in [1.54, 1.807) is 43.3 Å². The van der Waals surface area contributed by atoms with Gasteiger partial charge in [-0.2, -0.15) is 0 Å². The van der Waals surface area contributed by atoms with Crippen LogP contribution in [-0.4, -0.2) is 10.9 Å². The second-order valence-corrected chi connectivity index (χ2v) is 6.39. The Balaban J connectivity index is 1.72. The number of H-pyrrole nitrogens is 1. The summed E-state index contributed by atoms with van der Waals surface area (Å²) in [4.78, 5) is 39.5. The van der Waals surface area contributed by atoms with Crippen LogP contribution in [0.4, 0.5) is 5.69 Å². The molecular weight excluding hydrogens is 344 g/mol. The van der Waals surface area contributed by atoms with Crippen molar-refractivity contribution in [3.63, 3.8) is 0 Å². The van der Waals surface area contributed by atoms with E-state index in [1.165, 1.54) is 6.07 Å². The van der Waals surface area contributed by atoms with E-state index in [0.29, 0.717) is 27.7 Å². The Morgan fingerprint density at radius 3 is 2.56 bits per heavy atom. The molecule has 1 amide bonds. The molecule has 0 bridgehead atoms. The van der Waals surface area contributed by atoms with Crippen LogP contribution in [0.25, 0.3) is 21.9 Å². The van der Waals surface area contributed by atoms with Gasteiger partial charge in [0, 0.05) is 22.7 Å². The summed E-state index contributed by atoms with van der Waals surface area (Å²) in [7, 11) is 0. The van der Waals surface area contributed by atoms with Crippen LogP contribution in [-0.2, 0) is 0 Å². The zero-order valence-electron chi connectivity index (χ0n) is 14.8. The maximum absolute atomic E-state index is 12.5. The number of aromatic amines is 1. The number of carbonyl (C=O) groups excluding carboxylic acids is 1. The number of carbonyl (C=O) groups is 1. The number of nitrogens with one attached hydrogen (secondary N) is 2. The van der Waals surface area contributed by atoms with Gasteiger partial charge >= 0.3 is 0 Å². The largest absolute Gasteiger partial charge is 0.451 e. The summed E-state index contributed by atoms with van der Waals surface area (Å²) >= 11 is 0. The van der Waals surface area contributed by atoms with Gasteiger partial charge < -0.3 is 14.7 Å². The molecule has 0 saturated carbocycles. The van der Waals surface area contributed by atoms with Gasteiger partial charge in [0.1, 0.15) is 5.58 Å². The molecule has 2 heterocycles. The van der Waals surface area contributed by atoms with Crippen LogP contribution in [0.2, 0.25) is 0 Å². The molecular formula is C21H16N2O4. The molecule has 6 heteroatoms. The van der Waals surface area contributed by atoms with Gasteiger partial charge in [0.2, 0.25) is 0 Å². The molecule has 0 spiro atoms. The van der Waals surface area contributed by atoms with Crippen molar-refractivity contribution in [2.75, 3.05) is 5.32 Å². The molecule has 0 saturated heterocycles. The van der Waals surface area contributed by atoms with E-state index in [1.807, 2.05) is 13.0 Å². The molecule has 134 valence electrons. The zero-order valence-corrected chi connectivity index (χ0v) is 14.8. The highest BCUT2D eigenvalue weighted by molar-refractivity contribution is 6.04. The van der Waals surface area contributed by atoms with Gasteiger partial charge in [-0.3, -0.25) is 14.4 Å². The van der Waals surface area contributed by atoms with Crippen molar-refractivity contribution in [3.05, 3.63) is 86.0 Å². The second-order valence-electron chi connectivity index (χ2n) is 6.39. The quantitative estimate of drug-likeness (QED) is 0.572. The Morgan fingerprint density at radius 1 is 0.963 bits per heavy atom. The molecule has 2 aromatic carbocycles. The number of aryl methyl sites for hydroxylation is 1. The van der Waals surface area contributed by atoms with E-state index in [0.717, 1.165) is 10.9 Å². The Bertz CT molecular complexity index is 1330. The van der Waals surface area contributed by atoms with Gasteiger partial charge in [-0.1, -0.05) is 18.2 Å².